The molecule has 0 aliphatic heterocycles. The third kappa shape index (κ3) is 5.40. The first-order chi connectivity index (χ1) is 15.6. The number of thiophene rings is 1. The Morgan fingerprint density at radius 1 is 1.12 bits per heavy atom. The van der Waals surface area contributed by atoms with Gasteiger partial charge in [-0.1, -0.05) is 37.5 Å². The van der Waals surface area contributed by atoms with Crippen molar-refractivity contribution in [3.05, 3.63) is 82.6 Å². The van der Waals surface area contributed by atoms with E-state index in [2.05, 4.69) is 10.3 Å². The first-order valence-electron chi connectivity index (χ1n) is 10.9. The zero-order chi connectivity index (χ0) is 22.3. The predicted octanol–water partition coefficient (Wildman–Crippen LogP) is 5.05. The fourth-order valence-electron chi connectivity index (χ4n) is 4.19. The van der Waals surface area contributed by atoms with E-state index >= 15 is 0 Å². The van der Waals surface area contributed by atoms with Crippen molar-refractivity contribution in [3.63, 3.8) is 0 Å². The van der Waals surface area contributed by atoms with Crippen LogP contribution in [-0.4, -0.2) is 22.8 Å². The molecule has 1 fully saturated rings. The van der Waals surface area contributed by atoms with Gasteiger partial charge in [0.25, 0.3) is 0 Å². The van der Waals surface area contributed by atoms with Crippen LogP contribution in [0.25, 0.3) is 0 Å². The number of anilines is 1. The lowest BCUT2D eigenvalue weighted by atomic mass is 9.94. The summed E-state index contributed by atoms with van der Waals surface area (Å²) in [6.45, 7) is 0. The van der Waals surface area contributed by atoms with Gasteiger partial charge in [-0.15, -0.1) is 11.3 Å². The molecule has 1 unspecified atom stereocenters. The van der Waals surface area contributed by atoms with Crippen molar-refractivity contribution < 1.29 is 14.0 Å². The number of hydrogen-bond acceptors (Lipinski definition) is 4. The summed E-state index contributed by atoms with van der Waals surface area (Å²) in [5.74, 6) is -1.01. The summed E-state index contributed by atoms with van der Waals surface area (Å²) < 4.78 is 14.2. The van der Waals surface area contributed by atoms with Crippen LogP contribution >= 0.6 is 11.3 Å². The van der Waals surface area contributed by atoms with Gasteiger partial charge in [-0.2, -0.15) is 0 Å². The minimum absolute atomic E-state index is 0.0807. The van der Waals surface area contributed by atoms with Crippen molar-refractivity contribution >= 4 is 28.8 Å². The Morgan fingerprint density at radius 2 is 1.97 bits per heavy atom. The lowest BCUT2D eigenvalue weighted by Crippen LogP contribution is -2.47. The molecule has 2 aromatic heterocycles. The summed E-state index contributed by atoms with van der Waals surface area (Å²) in [5, 5.41) is 5.05. The van der Waals surface area contributed by atoms with Crippen LogP contribution in [0.2, 0.25) is 0 Å². The first-order valence-corrected chi connectivity index (χ1v) is 11.8. The van der Waals surface area contributed by atoms with E-state index in [0.29, 0.717) is 11.3 Å². The molecule has 0 radical (unpaired) electrons. The van der Waals surface area contributed by atoms with Crippen LogP contribution in [0.4, 0.5) is 10.1 Å². The van der Waals surface area contributed by atoms with Crippen molar-refractivity contribution in [1.82, 2.24) is 10.3 Å². The average molecular weight is 452 g/mol. The number of amides is 2. The van der Waals surface area contributed by atoms with Crippen LogP contribution in [-0.2, 0) is 16.0 Å². The fraction of sp³-hybridized carbons (Fsp3) is 0.320. The van der Waals surface area contributed by atoms with Crippen molar-refractivity contribution in [1.29, 1.82) is 0 Å². The molecule has 166 valence electrons. The molecule has 3 aromatic rings. The van der Waals surface area contributed by atoms with E-state index < -0.39 is 11.9 Å². The third-order valence-electron chi connectivity index (χ3n) is 5.72. The zero-order valence-corrected chi connectivity index (χ0v) is 18.6. The Morgan fingerprint density at radius 3 is 2.66 bits per heavy atom. The van der Waals surface area contributed by atoms with E-state index in [4.69, 9.17) is 0 Å². The van der Waals surface area contributed by atoms with E-state index in [1.807, 2.05) is 17.5 Å². The summed E-state index contributed by atoms with van der Waals surface area (Å²) in [6, 6.07) is 12.3. The summed E-state index contributed by atoms with van der Waals surface area (Å²) in [4.78, 5) is 33.6. The van der Waals surface area contributed by atoms with Crippen LogP contribution in [0, 0.1) is 5.82 Å². The quantitative estimate of drug-likeness (QED) is 0.547. The maximum atomic E-state index is 14.2. The monoisotopic (exact) mass is 451 g/mol. The number of carbonyl (C=O) groups is 2. The zero-order valence-electron chi connectivity index (χ0n) is 17.7. The SMILES string of the molecule is O=C(NC1CCCCC1)C(c1cccnc1)N(C(=O)Cc1cccs1)c1cccc(F)c1. The number of nitrogens with one attached hydrogen (secondary N) is 1. The maximum absolute atomic E-state index is 14.2. The lowest BCUT2D eigenvalue weighted by Gasteiger charge is -2.33. The Hall–Kier alpha value is -3.06. The number of hydrogen-bond donors (Lipinski definition) is 1. The Bertz CT molecular complexity index is 1040. The van der Waals surface area contributed by atoms with Gasteiger partial charge in [0.2, 0.25) is 11.8 Å². The summed E-state index contributed by atoms with van der Waals surface area (Å²) >= 11 is 1.48. The minimum atomic E-state index is -0.945. The fourth-order valence-corrected chi connectivity index (χ4v) is 4.89. The second kappa shape index (κ2) is 10.5. The van der Waals surface area contributed by atoms with Gasteiger partial charge < -0.3 is 5.32 Å². The molecule has 7 heteroatoms. The van der Waals surface area contributed by atoms with E-state index in [1.54, 1.807) is 36.7 Å². The van der Waals surface area contributed by atoms with E-state index in [0.717, 1.165) is 30.6 Å². The minimum Gasteiger partial charge on any atom is -0.351 e. The van der Waals surface area contributed by atoms with Gasteiger partial charge in [0.05, 0.1) is 6.42 Å². The highest BCUT2D eigenvalue weighted by Crippen LogP contribution is 2.30. The summed E-state index contributed by atoms with van der Waals surface area (Å²) in [5.41, 5.74) is 0.934. The molecule has 1 atom stereocenters. The summed E-state index contributed by atoms with van der Waals surface area (Å²) in [7, 11) is 0. The highest BCUT2D eigenvalue weighted by molar-refractivity contribution is 7.10. The number of nitrogens with zero attached hydrogens (tertiary/aromatic N) is 2. The molecule has 2 heterocycles. The molecular weight excluding hydrogens is 425 g/mol. The number of carbonyl (C=O) groups excluding carboxylic acids is 2. The van der Waals surface area contributed by atoms with Gasteiger partial charge in [-0.05, 0) is 48.6 Å². The van der Waals surface area contributed by atoms with Crippen LogP contribution < -0.4 is 10.2 Å². The van der Waals surface area contributed by atoms with Gasteiger partial charge in [-0.3, -0.25) is 19.5 Å². The molecule has 5 nitrogen and oxygen atoms in total. The molecule has 1 aromatic carbocycles. The molecule has 1 aliphatic rings. The molecule has 32 heavy (non-hydrogen) atoms. The Kier molecular flexibility index (Phi) is 7.27. The van der Waals surface area contributed by atoms with Gasteiger partial charge in [0.15, 0.2) is 0 Å². The van der Waals surface area contributed by atoms with Crippen LogP contribution in [0.1, 0.15) is 48.6 Å². The molecule has 1 saturated carbocycles. The van der Waals surface area contributed by atoms with E-state index in [1.165, 1.54) is 34.8 Å². The number of rotatable bonds is 7. The molecular formula is C25H26FN3O2S. The number of halogens is 1. The second-order valence-electron chi connectivity index (χ2n) is 8.03. The van der Waals surface area contributed by atoms with Crippen molar-refractivity contribution in [3.8, 4) is 0 Å². The molecule has 2 amide bonds. The standard InChI is InChI=1S/C25H26FN3O2S/c26-19-8-4-11-21(15-19)29(23(30)16-22-12-6-14-32-22)24(18-7-5-13-27-17-18)25(31)28-20-9-2-1-3-10-20/h4-8,11-15,17,20,24H,1-3,9-10,16H2,(H,28,31). The molecule has 1 aliphatic carbocycles. The molecule has 4 rings (SSSR count). The van der Waals surface area contributed by atoms with Crippen molar-refractivity contribution in [2.75, 3.05) is 4.90 Å². The normalized spacial score (nSPS) is 15.2. The molecule has 1 N–H and O–H groups in total. The largest absolute Gasteiger partial charge is 0.351 e. The first kappa shape index (κ1) is 22.1. The van der Waals surface area contributed by atoms with Crippen LogP contribution in [0.3, 0.4) is 0 Å². The van der Waals surface area contributed by atoms with Crippen molar-refractivity contribution in [2.45, 2.75) is 50.6 Å². The highest BCUT2D eigenvalue weighted by Gasteiger charge is 2.34. The second-order valence-corrected chi connectivity index (χ2v) is 9.06. The Labute approximate surface area is 191 Å². The van der Waals surface area contributed by atoms with Gasteiger partial charge >= 0.3 is 0 Å². The molecule has 0 saturated heterocycles. The van der Waals surface area contributed by atoms with E-state index in [-0.39, 0.29) is 24.3 Å². The van der Waals surface area contributed by atoms with Crippen molar-refractivity contribution in [2.24, 2.45) is 0 Å². The molecule has 0 spiro atoms. The number of benzene rings is 1. The topological polar surface area (TPSA) is 62.3 Å². The van der Waals surface area contributed by atoms with Gasteiger partial charge in [0, 0.05) is 34.6 Å². The molecule has 0 bridgehead atoms. The highest BCUT2D eigenvalue weighted by atomic mass is 32.1. The summed E-state index contributed by atoms with van der Waals surface area (Å²) in [6.07, 6.45) is 8.52. The predicted molar refractivity (Wildman–Crippen MR) is 124 cm³/mol. The number of aromatic nitrogens is 1. The average Bonchev–Trinajstić information content (AvgIpc) is 3.31. The van der Waals surface area contributed by atoms with Gasteiger partial charge in [0.1, 0.15) is 11.9 Å². The van der Waals surface area contributed by atoms with Gasteiger partial charge in [-0.25, -0.2) is 4.39 Å². The number of pyridine rings is 1. The third-order valence-corrected chi connectivity index (χ3v) is 6.60. The van der Waals surface area contributed by atoms with Crippen LogP contribution in [0.5, 0.6) is 0 Å². The Balaban J connectivity index is 1.72. The smallest absolute Gasteiger partial charge is 0.248 e. The van der Waals surface area contributed by atoms with E-state index in [9.17, 15) is 14.0 Å². The lowest BCUT2D eigenvalue weighted by molar-refractivity contribution is -0.127. The maximum Gasteiger partial charge on any atom is 0.248 e. The van der Waals surface area contributed by atoms with Crippen LogP contribution in [0.15, 0.2) is 66.3 Å².